The molecule has 0 heterocycles. The molecule has 2 heteroatoms. The van der Waals surface area contributed by atoms with Crippen molar-refractivity contribution in [2.45, 2.75) is 26.2 Å². The fourth-order valence-electron chi connectivity index (χ4n) is 1.20. The number of halogens is 1. The lowest BCUT2D eigenvalue weighted by Crippen LogP contribution is -2.02. The Morgan fingerprint density at radius 3 is 2.69 bits per heavy atom. The van der Waals surface area contributed by atoms with Crippen molar-refractivity contribution in [3.8, 4) is 0 Å². The summed E-state index contributed by atoms with van der Waals surface area (Å²) in [6.07, 6.45) is 3.87. The Hall–Kier alpha value is -0.250. The third kappa shape index (κ3) is 3.98. The lowest BCUT2D eigenvalue weighted by atomic mass is 10.2. The van der Waals surface area contributed by atoms with E-state index in [1.54, 1.807) is 0 Å². The molecule has 0 aliphatic rings. The Balaban J connectivity index is 2.32. The zero-order chi connectivity index (χ0) is 9.52. The molecule has 0 spiro atoms. The monoisotopic (exact) mass is 289 g/mol. The molecule has 13 heavy (non-hydrogen) atoms. The van der Waals surface area contributed by atoms with E-state index in [0.29, 0.717) is 0 Å². The SMILES string of the molecule is CCCCCNc1ccccc1I. The molecule has 0 saturated heterocycles. The summed E-state index contributed by atoms with van der Waals surface area (Å²) in [5.74, 6) is 0. The maximum absolute atomic E-state index is 3.44. The largest absolute Gasteiger partial charge is 0.384 e. The molecule has 0 aliphatic carbocycles. The van der Waals surface area contributed by atoms with Crippen molar-refractivity contribution in [2.24, 2.45) is 0 Å². The van der Waals surface area contributed by atoms with Gasteiger partial charge in [-0.1, -0.05) is 31.9 Å². The molecular weight excluding hydrogens is 273 g/mol. The van der Waals surface area contributed by atoms with Gasteiger partial charge in [-0.2, -0.15) is 0 Å². The Morgan fingerprint density at radius 2 is 2.00 bits per heavy atom. The second kappa shape index (κ2) is 6.24. The molecule has 1 N–H and O–H groups in total. The number of para-hydroxylation sites is 1. The van der Waals surface area contributed by atoms with E-state index in [4.69, 9.17) is 0 Å². The summed E-state index contributed by atoms with van der Waals surface area (Å²) >= 11 is 2.36. The second-order valence-electron chi connectivity index (χ2n) is 3.11. The van der Waals surface area contributed by atoms with Crippen LogP contribution in [0.4, 0.5) is 5.69 Å². The van der Waals surface area contributed by atoms with E-state index < -0.39 is 0 Å². The maximum atomic E-state index is 3.44. The lowest BCUT2D eigenvalue weighted by Gasteiger charge is -2.07. The molecule has 1 nitrogen and oxygen atoms in total. The quantitative estimate of drug-likeness (QED) is 0.640. The minimum absolute atomic E-state index is 1.09. The molecule has 0 saturated carbocycles. The molecule has 0 aromatic heterocycles. The Bertz CT molecular complexity index is 248. The normalized spacial score (nSPS) is 10.0. The molecule has 0 amide bonds. The van der Waals surface area contributed by atoms with Crippen LogP contribution in [0.15, 0.2) is 24.3 Å². The summed E-state index contributed by atoms with van der Waals surface area (Å²) < 4.78 is 1.30. The standard InChI is InChI=1S/C11H16IN/c1-2-3-6-9-13-11-8-5-4-7-10(11)12/h4-5,7-8,13H,2-3,6,9H2,1H3. The van der Waals surface area contributed by atoms with Crippen LogP contribution in [0.2, 0.25) is 0 Å². The van der Waals surface area contributed by atoms with E-state index >= 15 is 0 Å². The average Bonchev–Trinajstić information content (AvgIpc) is 2.15. The van der Waals surface area contributed by atoms with Crippen LogP contribution in [-0.4, -0.2) is 6.54 Å². The van der Waals surface area contributed by atoms with Gasteiger partial charge in [0.25, 0.3) is 0 Å². The van der Waals surface area contributed by atoms with Crippen molar-refractivity contribution < 1.29 is 0 Å². The van der Waals surface area contributed by atoms with Crippen LogP contribution in [0.5, 0.6) is 0 Å². The molecule has 1 aromatic carbocycles. The van der Waals surface area contributed by atoms with Crippen molar-refractivity contribution in [3.63, 3.8) is 0 Å². The third-order valence-electron chi connectivity index (χ3n) is 1.97. The number of hydrogen-bond donors (Lipinski definition) is 1. The maximum Gasteiger partial charge on any atom is 0.0475 e. The molecular formula is C11H16IN. The number of benzene rings is 1. The van der Waals surface area contributed by atoms with Crippen LogP contribution in [-0.2, 0) is 0 Å². The van der Waals surface area contributed by atoms with E-state index in [-0.39, 0.29) is 0 Å². The van der Waals surface area contributed by atoms with Crippen LogP contribution >= 0.6 is 22.6 Å². The molecule has 1 aromatic rings. The summed E-state index contributed by atoms with van der Waals surface area (Å²) in [7, 11) is 0. The molecule has 0 aliphatic heterocycles. The predicted octanol–water partition coefficient (Wildman–Crippen LogP) is 3.89. The van der Waals surface area contributed by atoms with Gasteiger partial charge in [-0.15, -0.1) is 0 Å². The third-order valence-corrected chi connectivity index (χ3v) is 2.91. The first-order chi connectivity index (χ1) is 6.34. The zero-order valence-corrected chi connectivity index (χ0v) is 10.2. The summed E-state index contributed by atoms with van der Waals surface area (Å²) in [6, 6.07) is 8.40. The van der Waals surface area contributed by atoms with Crippen LogP contribution in [0.1, 0.15) is 26.2 Å². The second-order valence-corrected chi connectivity index (χ2v) is 4.28. The van der Waals surface area contributed by atoms with Crippen LogP contribution in [0.25, 0.3) is 0 Å². The minimum atomic E-state index is 1.09. The van der Waals surface area contributed by atoms with Gasteiger partial charge in [0.05, 0.1) is 0 Å². The molecule has 0 fully saturated rings. The first kappa shape index (κ1) is 10.8. The highest BCUT2D eigenvalue weighted by molar-refractivity contribution is 14.1. The van der Waals surface area contributed by atoms with E-state index in [9.17, 15) is 0 Å². The summed E-state index contributed by atoms with van der Waals surface area (Å²) in [5.41, 5.74) is 1.26. The Morgan fingerprint density at radius 1 is 1.23 bits per heavy atom. The lowest BCUT2D eigenvalue weighted by molar-refractivity contribution is 0.743. The number of unbranched alkanes of at least 4 members (excludes halogenated alkanes) is 2. The minimum Gasteiger partial charge on any atom is -0.384 e. The highest BCUT2D eigenvalue weighted by atomic mass is 127. The summed E-state index contributed by atoms with van der Waals surface area (Å²) in [6.45, 7) is 3.32. The number of rotatable bonds is 5. The van der Waals surface area contributed by atoms with Gasteiger partial charge in [-0.3, -0.25) is 0 Å². The molecule has 1 rings (SSSR count). The predicted molar refractivity (Wildman–Crippen MR) is 67.2 cm³/mol. The number of hydrogen-bond acceptors (Lipinski definition) is 1. The van der Waals surface area contributed by atoms with E-state index in [0.717, 1.165) is 6.54 Å². The van der Waals surface area contributed by atoms with Gasteiger partial charge >= 0.3 is 0 Å². The zero-order valence-electron chi connectivity index (χ0n) is 8.02. The van der Waals surface area contributed by atoms with Crippen LogP contribution < -0.4 is 5.32 Å². The average molecular weight is 289 g/mol. The van der Waals surface area contributed by atoms with Crippen LogP contribution in [0, 0.1) is 3.57 Å². The van der Waals surface area contributed by atoms with Crippen molar-refractivity contribution in [1.82, 2.24) is 0 Å². The van der Waals surface area contributed by atoms with Gasteiger partial charge in [-0.25, -0.2) is 0 Å². The van der Waals surface area contributed by atoms with Crippen LogP contribution in [0.3, 0.4) is 0 Å². The number of nitrogens with one attached hydrogen (secondary N) is 1. The fourth-order valence-corrected chi connectivity index (χ4v) is 1.78. The highest BCUT2D eigenvalue weighted by Crippen LogP contribution is 2.16. The van der Waals surface area contributed by atoms with Gasteiger partial charge in [0, 0.05) is 15.8 Å². The molecule has 72 valence electrons. The van der Waals surface area contributed by atoms with Crippen molar-refractivity contribution in [3.05, 3.63) is 27.8 Å². The first-order valence-corrected chi connectivity index (χ1v) is 5.91. The molecule has 0 unspecified atom stereocenters. The fraction of sp³-hybridized carbons (Fsp3) is 0.455. The van der Waals surface area contributed by atoms with Gasteiger partial charge in [0.1, 0.15) is 0 Å². The number of anilines is 1. The van der Waals surface area contributed by atoms with Gasteiger partial charge < -0.3 is 5.32 Å². The highest BCUT2D eigenvalue weighted by Gasteiger charge is 1.95. The van der Waals surface area contributed by atoms with E-state index in [1.165, 1.54) is 28.5 Å². The molecule has 0 atom stereocenters. The molecule has 0 radical (unpaired) electrons. The van der Waals surface area contributed by atoms with Gasteiger partial charge in [0.15, 0.2) is 0 Å². The summed E-state index contributed by atoms with van der Waals surface area (Å²) in [5, 5.41) is 3.44. The van der Waals surface area contributed by atoms with Crippen molar-refractivity contribution in [1.29, 1.82) is 0 Å². The topological polar surface area (TPSA) is 12.0 Å². The Kier molecular flexibility index (Phi) is 5.20. The van der Waals surface area contributed by atoms with Crippen molar-refractivity contribution in [2.75, 3.05) is 11.9 Å². The van der Waals surface area contributed by atoms with Crippen molar-refractivity contribution >= 4 is 28.3 Å². The van der Waals surface area contributed by atoms with Gasteiger partial charge in [0.2, 0.25) is 0 Å². The molecule has 0 bridgehead atoms. The summed E-state index contributed by atoms with van der Waals surface area (Å²) in [4.78, 5) is 0. The van der Waals surface area contributed by atoms with E-state index in [1.807, 2.05) is 0 Å². The Labute approximate surface area is 94.1 Å². The first-order valence-electron chi connectivity index (χ1n) is 4.83. The van der Waals surface area contributed by atoms with Gasteiger partial charge in [-0.05, 0) is 41.1 Å². The van der Waals surface area contributed by atoms with E-state index in [2.05, 4.69) is 59.1 Å². The smallest absolute Gasteiger partial charge is 0.0475 e.